The number of amides is 2. The number of nitrogens with zero attached hydrogens (tertiary/aromatic N) is 4. The summed E-state index contributed by atoms with van der Waals surface area (Å²) in [5, 5.41) is 3.64. The summed E-state index contributed by atoms with van der Waals surface area (Å²) in [5.74, 6) is 0.157. The van der Waals surface area contributed by atoms with Crippen LogP contribution < -0.4 is 10.2 Å². The Hall–Kier alpha value is -2.39. The molecule has 2 unspecified atom stereocenters. The van der Waals surface area contributed by atoms with Crippen LogP contribution in [0.1, 0.15) is 37.6 Å². The van der Waals surface area contributed by atoms with E-state index in [4.69, 9.17) is 11.6 Å². The molecule has 3 rings (SSSR count). The minimum absolute atomic E-state index is 0.0763. The number of anilines is 1. The van der Waals surface area contributed by atoms with Crippen molar-refractivity contribution in [2.45, 2.75) is 44.4 Å². The van der Waals surface area contributed by atoms with E-state index >= 15 is 0 Å². The Morgan fingerprint density at radius 2 is 2.09 bits per heavy atom. The summed E-state index contributed by atoms with van der Waals surface area (Å²) in [6.45, 7) is 7.48. The molecule has 7 nitrogen and oxygen atoms in total. The number of piperazine rings is 1. The minimum atomic E-state index is -0.430. The van der Waals surface area contributed by atoms with Gasteiger partial charge in [0, 0.05) is 43.3 Å². The van der Waals surface area contributed by atoms with Gasteiger partial charge in [-0.15, -0.1) is 0 Å². The average Bonchev–Trinajstić information content (AvgIpc) is 2.76. The normalized spacial score (nSPS) is 17.2. The van der Waals surface area contributed by atoms with Crippen LogP contribution in [0.5, 0.6) is 0 Å². The highest BCUT2D eigenvalue weighted by atomic mass is 35.5. The van der Waals surface area contributed by atoms with Crippen LogP contribution in [0.3, 0.4) is 0 Å². The molecule has 0 bridgehead atoms. The number of carbonyl (C=O) groups is 2. The van der Waals surface area contributed by atoms with Gasteiger partial charge in [0.2, 0.25) is 5.91 Å². The first-order chi connectivity index (χ1) is 15.3. The monoisotopic (exact) mass is 479 g/mol. The predicted octanol–water partition coefficient (Wildman–Crippen LogP) is 3.63. The van der Waals surface area contributed by atoms with Gasteiger partial charge in [-0.3, -0.25) is 9.59 Å². The van der Waals surface area contributed by atoms with Gasteiger partial charge < -0.3 is 15.1 Å². The maximum Gasteiger partial charge on any atom is 0.254 e. The lowest BCUT2D eigenvalue weighted by atomic mass is 10.1. The molecule has 2 heterocycles. The molecular formula is C22H27ClFN5O2S. The van der Waals surface area contributed by atoms with Crippen molar-refractivity contribution in [2.24, 2.45) is 0 Å². The van der Waals surface area contributed by atoms with Crippen molar-refractivity contribution in [2.75, 3.05) is 30.3 Å². The van der Waals surface area contributed by atoms with Crippen LogP contribution in [0.15, 0.2) is 35.5 Å². The van der Waals surface area contributed by atoms with Crippen molar-refractivity contribution in [1.82, 2.24) is 20.2 Å². The molecule has 1 aliphatic heterocycles. The molecule has 172 valence electrons. The Labute approximate surface area is 196 Å². The Bertz CT molecular complexity index is 979. The number of benzene rings is 1. The number of hydrogen-bond donors (Lipinski definition) is 1. The van der Waals surface area contributed by atoms with Crippen molar-refractivity contribution < 1.29 is 14.0 Å². The fourth-order valence-electron chi connectivity index (χ4n) is 3.42. The molecule has 0 saturated carbocycles. The third kappa shape index (κ3) is 6.32. The van der Waals surface area contributed by atoms with Gasteiger partial charge >= 0.3 is 0 Å². The molecule has 32 heavy (non-hydrogen) atoms. The second-order valence-electron chi connectivity index (χ2n) is 7.80. The quantitative estimate of drug-likeness (QED) is 0.371. The number of halogens is 2. The zero-order chi connectivity index (χ0) is 23.3. The van der Waals surface area contributed by atoms with Gasteiger partial charge in [0.05, 0.1) is 5.75 Å². The van der Waals surface area contributed by atoms with E-state index in [2.05, 4.69) is 15.3 Å². The molecule has 1 aromatic carbocycles. The molecule has 0 spiro atoms. The topological polar surface area (TPSA) is 78.4 Å². The lowest BCUT2D eigenvalue weighted by molar-refractivity contribution is -0.119. The Morgan fingerprint density at radius 3 is 2.78 bits per heavy atom. The number of hydrogen-bond acceptors (Lipinski definition) is 6. The number of aromatic nitrogens is 2. The van der Waals surface area contributed by atoms with Gasteiger partial charge in [0.15, 0.2) is 5.16 Å². The highest BCUT2D eigenvalue weighted by Crippen LogP contribution is 2.24. The van der Waals surface area contributed by atoms with Crippen LogP contribution >= 0.6 is 23.4 Å². The molecule has 0 aliphatic carbocycles. The van der Waals surface area contributed by atoms with E-state index in [0.717, 1.165) is 6.42 Å². The minimum Gasteiger partial charge on any atom is -0.353 e. The third-order valence-electron chi connectivity index (χ3n) is 5.30. The third-order valence-corrected chi connectivity index (χ3v) is 6.34. The van der Waals surface area contributed by atoms with Gasteiger partial charge in [-0.2, -0.15) is 0 Å². The van der Waals surface area contributed by atoms with Crippen LogP contribution in [0.2, 0.25) is 5.15 Å². The maximum atomic E-state index is 13.5. The van der Waals surface area contributed by atoms with E-state index in [0.29, 0.717) is 41.3 Å². The molecule has 1 saturated heterocycles. The number of rotatable bonds is 7. The largest absolute Gasteiger partial charge is 0.353 e. The van der Waals surface area contributed by atoms with Crippen molar-refractivity contribution in [3.8, 4) is 0 Å². The molecule has 10 heteroatoms. The molecule has 2 atom stereocenters. The van der Waals surface area contributed by atoms with E-state index in [1.54, 1.807) is 17.0 Å². The van der Waals surface area contributed by atoms with Crippen LogP contribution in [-0.2, 0) is 4.79 Å². The van der Waals surface area contributed by atoms with E-state index in [9.17, 15) is 14.0 Å². The van der Waals surface area contributed by atoms with E-state index in [1.165, 1.54) is 30.0 Å². The number of nitrogens with one attached hydrogen (secondary N) is 1. The lowest BCUT2D eigenvalue weighted by Gasteiger charge is -2.40. The Kier molecular flexibility index (Phi) is 8.31. The standard InChI is InChI=1S/C22H27ClFN5O2S/c1-4-14(2)25-20(30)13-32-22-26-18(23)11-19(27-22)28-8-9-29(15(3)12-28)21(31)16-6-5-7-17(24)10-16/h5-7,10-11,14-15H,4,8-9,12-13H2,1-3H3,(H,25,30). The Morgan fingerprint density at radius 1 is 1.31 bits per heavy atom. The summed E-state index contributed by atoms with van der Waals surface area (Å²) in [5.41, 5.74) is 0.338. The molecule has 2 amide bonds. The van der Waals surface area contributed by atoms with Crippen molar-refractivity contribution in [3.63, 3.8) is 0 Å². The van der Waals surface area contributed by atoms with Crippen LogP contribution in [0.4, 0.5) is 10.2 Å². The molecule has 1 aromatic heterocycles. The van der Waals surface area contributed by atoms with E-state index in [1.807, 2.05) is 25.7 Å². The summed E-state index contributed by atoms with van der Waals surface area (Å²) >= 11 is 7.44. The smallest absolute Gasteiger partial charge is 0.254 e. The van der Waals surface area contributed by atoms with Gasteiger partial charge in [0.1, 0.15) is 16.8 Å². The first-order valence-electron chi connectivity index (χ1n) is 10.5. The molecule has 1 aliphatic rings. The lowest BCUT2D eigenvalue weighted by Crippen LogP contribution is -2.54. The summed E-state index contributed by atoms with van der Waals surface area (Å²) in [7, 11) is 0. The molecule has 0 radical (unpaired) electrons. The molecular weight excluding hydrogens is 453 g/mol. The number of carbonyl (C=O) groups excluding carboxylic acids is 2. The van der Waals surface area contributed by atoms with Crippen LogP contribution in [-0.4, -0.2) is 64.2 Å². The molecule has 2 aromatic rings. The summed E-state index contributed by atoms with van der Waals surface area (Å²) < 4.78 is 13.5. The van der Waals surface area contributed by atoms with E-state index in [-0.39, 0.29) is 29.7 Å². The first kappa shape index (κ1) is 24.3. The molecule has 1 N–H and O–H groups in total. The molecule has 1 fully saturated rings. The van der Waals surface area contributed by atoms with Crippen molar-refractivity contribution >= 4 is 41.0 Å². The first-order valence-corrected chi connectivity index (χ1v) is 11.9. The van der Waals surface area contributed by atoms with Gasteiger partial charge in [-0.25, -0.2) is 14.4 Å². The fraction of sp³-hybridized carbons (Fsp3) is 0.455. The van der Waals surface area contributed by atoms with Crippen molar-refractivity contribution in [3.05, 3.63) is 46.9 Å². The highest BCUT2D eigenvalue weighted by molar-refractivity contribution is 7.99. The summed E-state index contributed by atoms with van der Waals surface area (Å²) in [6.07, 6.45) is 0.861. The van der Waals surface area contributed by atoms with Gasteiger partial charge in [-0.05, 0) is 38.5 Å². The second-order valence-corrected chi connectivity index (χ2v) is 9.13. The van der Waals surface area contributed by atoms with Gasteiger partial charge in [-0.1, -0.05) is 36.4 Å². The van der Waals surface area contributed by atoms with Crippen molar-refractivity contribution in [1.29, 1.82) is 0 Å². The predicted molar refractivity (Wildman–Crippen MR) is 125 cm³/mol. The highest BCUT2D eigenvalue weighted by Gasteiger charge is 2.29. The maximum absolute atomic E-state index is 13.5. The Balaban J connectivity index is 1.64. The summed E-state index contributed by atoms with van der Waals surface area (Å²) in [6, 6.07) is 7.43. The van der Waals surface area contributed by atoms with E-state index < -0.39 is 5.82 Å². The zero-order valence-corrected chi connectivity index (χ0v) is 19.9. The number of thioether (sulfide) groups is 1. The van der Waals surface area contributed by atoms with Crippen LogP contribution in [0, 0.1) is 5.82 Å². The second kappa shape index (κ2) is 11.0. The van der Waals surface area contributed by atoms with Crippen LogP contribution in [0.25, 0.3) is 0 Å². The average molecular weight is 480 g/mol. The summed E-state index contributed by atoms with van der Waals surface area (Å²) in [4.78, 5) is 37.4. The SMILES string of the molecule is CCC(C)NC(=O)CSc1nc(Cl)cc(N2CCN(C(=O)c3cccc(F)c3)C(C)C2)n1. The fourth-order valence-corrected chi connectivity index (χ4v) is 4.31. The zero-order valence-electron chi connectivity index (χ0n) is 18.3. The van der Waals surface area contributed by atoms with Gasteiger partial charge in [0.25, 0.3) is 5.91 Å².